The minimum atomic E-state index is -0.880. The van der Waals surface area contributed by atoms with Crippen LogP contribution in [0.5, 0.6) is 0 Å². The van der Waals surface area contributed by atoms with Gasteiger partial charge >= 0.3 is 0 Å². The molecule has 104 valence electrons. The Kier molecular flexibility index (Phi) is 3.74. The van der Waals surface area contributed by atoms with Gasteiger partial charge in [-0.1, -0.05) is 47.5 Å². The molecule has 2 aromatic carbocycles. The molecule has 0 amide bonds. The van der Waals surface area contributed by atoms with Crippen molar-refractivity contribution in [3.8, 4) is 0 Å². The molecule has 0 aromatic heterocycles. The average Bonchev–Trinajstić information content (AvgIpc) is 2.84. The predicted molar refractivity (Wildman–Crippen MR) is 80.2 cm³/mol. The van der Waals surface area contributed by atoms with Crippen LogP contribution in [0, 0.1) is 0 Å². The lowest BCUT2D eigenvalue weighted by molar-refractivity contribution is -0.140. The van der Waals surface area contributed by atoms with Gasteiger partial charge in [0.1, 0.15) is 0 Å². The van der Waals surface area contributed by atoms with E-state index in [1.165, 1.54) is 0 Å². The lowest BCUT2D eigenvalue weighted by Crippen LogP contribution is -2.29. The van der Waals surface area contributed by atoms with Crippen molar-refractivity contribution in [3.63, 3.8) is 0 Å². The largest absolute Gasteiger partial charge is 0.339 e. The van der Waals surface area contributed by atoms with Crippen LogP contribution in [-0.2, 0) is 15.3 Å². The van der Waals surface area contributed by atoms with Gasteiger partial charge in [0.15, 0.2) is 0 Å². The summed E-state index contributed by atoms with van der Waals surface area (Å²) in [6.45, 7) is 2.54. The molecule has 2 aromatic rings. The lowest BCUT2D eigenvalue weighted by Gasteiger charge is -2.29. The van der Waals surface area contributed by atoms with Crippen molar-refractivity contribution in [2.24, 2.45) is 0 Å². The molecule has 3 rings (SSSR count). The Bertz CT molecular complexity index is 547. The normalized spacial score (nSPS) is 21.1. The highest BCUT2D eigenvalue weighted by Gasteiger charge is 2.43. The van der Waals surface area contributed by atoms with Gasteiger partial charge in [0.05, 0.1) is 12.7 Å². The number of benzene rings is 2. The zero-order valence-electron chi connectivity index (χ0n) is 11.0. The van der Waals surface area contributed by atoms with Gasteiger partial charge in [0.2, 0.25) is 5.79 Å². The molecule has 0 N–H and O–H groups in total. The van der Waals surface area contributed by atoms with Crippen molar-refractivity contribution >= 4 is 23.2 Å². The van der Waals surface area contributed by atoms with Crippen LogP contribution in [0.2, 0.25) is 10.0 Å². The molecule has 1 saturated heterocycles. The van der Waals surface area contributed by atoms with Crippen molar-refractivity contribution in [3.05, 3.63) is 69.7 Å². The number of ether oxygens (including phenoxy) is 2. The molecule has 1 heterocycles. The van der Waals surface area contributed by atoms with E-state index in [2.05, 4.69) is 0 Å². The van der Waals surface area contributed by atoms with Crippen molar-refractivity contribution in [1.29, 1.82) is 0 Å². The van der Waals surface area contributed by atoms with Gasteiger partial charge in [0, 0.05) is 21.2 Å². The highest BCUT2D eigenvalue weighted by Crippen LogP contribution is 2.41. The molecule has 1 fully saturated rings. The van der Waals surface area contributed by atoms with Crippen LogP contribution in [0.25, 0.3) is 0 Å². The van der Waals surface area contributed by atoms with Crippen LogP contribution < -0.4 is 0 Å². The summed E-state index contributed by atoms with van der Waals surface area (Å²) >= 11 is 11.9. The first-order valence-electron chi connectivity index (χ1n) is 6.44. The number of halogens is 2. The summed E-state index contributed by atoms with van der Waals surface area (Å²) in [6, 6.07) is 15.1. The Labute approximate surface area is 128 Å². The second-order valence-electron chi connectivity index (χ2n) is 4.87. The Morgan fingerprint density at radius 2 is 1.35 bits per heavy atom. The van der Waals surface area contributed by atoms with Crippen molar-refractivity contribution in [2.75, 3.05) is 6.61 Å². The van der Waals surface area contributed by atoms with Crippen LogP contribution in [-0.4, -0.2) is 12.7 Å². The summed E-state index contributed by atoms with van der Waals surface area (Å²) in [5.41, 5.74) is 1.85. The molecule has 0 spiro atoms. The third-order valence-electron chi connectivity index (χ3n) is 3.34. The smallest absolute Gasteiger partial charge is 0.222 e. The maximum atomic E-state index is 6.09. The fourth-order valence-electron chi connectivity index (χ4n) is 2.39. The highest BCUT2D eigenvalue weighted by molar-refractivity contribution is 6.30. The Morgan fingerprint density at radius 3 is 1.70 bits per heavy atom. The Balaban J connectivity index is 2.09. The first kappa shape index (κ1) is 13.9. The van der Waals surface area contributed by atoms with Crippen LogP contribution in [0.3, 0.4) is 0 Å². The fourth-order valence-corrected chi connectivity index (χ4v) is 2.65. The van der Waals surface area contributed by atoms with Crippen molar-refractivity contribution < 1.29 is 9.47 Å². The topological polar surface area (TPSA) is 18.5 Å². The van der Waals surface area contributed by atoms with Gasteiger partial charge in [0.25, 0.3) is 0 Å². The van der Waals surface area contributed by atoms with E-state index in [0.717, 1.165) is 11.1 Å². The van der Waals surface area contributed by atoms with Gasteiger partial charge in [-0.25, -0.2) is 0 Å². The van der Waals surface area contributed by atoms with Crippen molar-refractivity contribution in [1.82, 2.24) is 0 Å². The van der Waals surface area contributed by atoms with Gasteiger partial charge < -0.3 is 9.47 Å². The van der Waals surface area contributed by atoms with Gasteiger partial charge in [-0.15, -0.1) is 0 Å². The second-order valence-corrected chi connectivity index (χ2v) is 5.74. The summed E-state index contributed by atoms with van der Waals surface area (Å²) in [4.78, 5) is 0. The van der Waals surface area contributed by atoms with E-state index in [1.54, 1.807) is 0 Å². The maximum Gasteiger partial charge on any atom is 0.222 e. The maximum absolute atomic E-state index is 6.09. The third kappa shape index (κ3) is 2.45. The Hall–Kier alpha value is -1.06. The SMILES string of the molecule is C[C@@H]1COC(c2ccc(Cl)cc2)(c2ccc(Cl)cc2)O1. The predicted octanol–water partition coefficient (Wildman–Crippen LogP) is 4.63. The monoisotopic (exact) mass is 308 g/mol. The fraction of sp³-hybridized carbons (Fsp3) is 0.250. The zero-order valence-corrected chi connectivity index (χ0v) is 12.5. The number of hydrogen-bond donors (Lipinski definition) is 0. The Morgan fingerprint density at radius 1 is 0.900 bits per heavy atom. The highest BCUT2D eigenvalue weighted by atomic mass is 35.5. The van der Waals surface area contributed by atoms with Gasteiger partial charge in [-0.2, -0.15) is 0 Å². The zero-order chi connectivity index (χ0) is 14.2. The van der Waals surface area contributed by atoms with E-state index in [9.17, 15) is 0 Å². The quantitative estimate of drug-likeness (QED) is 0.805. The van der Waals surface area contributed by atoms with Crippen molar-refractivity contribution in [2.45, 2.75) is 18.8 Å². The summed E-state index contributed by atoms with van der Waals surface area (Å²) in [6.07, 6.45) is 0.0290. The van der Waals surface area contributed by atoms with Gasteiger partial charge in [-0.3, -0.25) is 0 Å². The van der Waals surface area contributed by atoms with Crippen LogP contribution >= 0.6 is 23.2 Å². The lowest BCUT2D eigenvalue weighted by atomic mass is 9.97. The molecule has 0 radical (unpaired) electrons. The van der Waals surface area contributed by atoms with E-state index in [0.29, 0.717) is 16.7 Å². The van der Waals surface area contributed by atoms with E-state index in [-0.39, 0.29) is 6.10 Å². The minimum absolute atomic E-state index is 0.0290. The van der Waals surface area contributed by atoms with Crippen LogP contribution in [0.4, 0.5) is 0 Å². The molecular formula is C16H14Cl2O2. The number of rotatable bonds is 2. The van der Waals surface area contributed by atoms with Crippen LogP contribution in [0.1, 0.15) is 18.1 Å². The summed E-state index contributed by atoms with van der Waals surface area (Å²) in [5, 5.41) is 1.37. The van der Waals surface area contributed by atoms with Gasteiger partial charge in [-0.05, 0) is 31.2 Å². The molecule has 1 aliphatic heterocycles. The molecule has 0 bridgehead atoms. The molecule has 0 saturated carbocycles. The molecule has 0 unspecified atom stereocenters. The first-order chi connectivity index (χ1) is 9.60. The first-order valence-corrected chi connectivity index (χ1v) is 7.19. The standard InChI is InChI=1S/C16H14Cl2O2/c1-11-10-19-16(20-11,12-2-6-14(17)7-3-12)13-4-8-15(18)9-5-13/h2-9,11H,10H2,1H3/t11-/m1/s1. The summed E-state index contributed by atoms with van der Waals surface area (Å²) in [5.74, 6) is -0.880. The second kappa shape index (κ2) is 5.38. The van der Waals surface area contributed by atoms with Crippen LogP contribution in [0.15, 0.2) is 48.5 Å². The summed E-state index contributed by atoms with van der Waals surface area (Å²) in [7, 11) is 0. The number of hydrogen-bond acceptors (Lipinski definition) is 2. The van der Waals surface area contributed by atoms with E-state index < -0.39 is 5.79 Å². The molecule has 4 heteroatoms. The average molecular weight is 309 g/mol. The van der Waals surface area contributed by atoms with E-state index >= 15 is 0 Å². The van der Waals surface area contributed by atoms with E-state index in [1.807, 2.05) is 55.5 Å². The molecule has 1 aliphatic rings. The molecule has 20 heavy (non-hydrogen) atoms. The molecule has 2 nitrogen and oxygen atoms in total. The summed E-state index contributed by atoms with van der Waals surface area (Å²) < 4.78 is 12.1. The van der Waals surface area contributed by atoms with E-state index in [4.69, 9.17) is 32.7 Å². The minimum Gasteiger partial charge on any atom is -0.339 e. The molecule has 1 atom stereocenters. The molecular weight excluding hydrogens is 295 g/mol. The molecule has 0 aliphatic carbocycles. The third-order valence-corrected chi connectivity index (χ3v) is 3.84.